The fourth-order valence-electron chi connectivity index (χ4n) is 3.48. The maximum atomic E-state index is 12.8. The molecule has 7 heteroatoms. The monoisotopic (exact) mass is 412 g/mol. The van der Waals surface area contributed by atoms with Crippen LogP contribution in [0.3, 0.4) is 0 Å². The van der Waals surface area contributed by atoms with Crippen LogP contribution in [0.5, 0.6) is 5.75 Å². The lowest BCUT2D eigenvalue weighted by atomic mass is 9.90. The highest BCUT2D eigenvalue weighted by atomic mass is 32.1. The summed E-state index contributed by atoms with van der Waals surface area (Å²) in [6.45, 7) is 2.02. The molecule has 0 aliphatic heterocycles. The van der Waals surface area contributed by atoms with E-state index < -0.39 is 11.9 Å². The van der Waals surface area contributed by atoms with Crippen molar-refractivity contribution >= 4 is 28.9 Å². The minimum absolute atomic E-state index is 0.160. The Labute approximate surface area is 174 Å². The van der Waals surface area contributed by atoms with E-state index in [1.807, 2.05) is 12.1 Å². The number of hydrogen-bond donors (Lipinski definition) is 0. The third-order valence-corrected chi connectivity index (χ3v) is 6.20. The summed E-state index contributed by atoms with van der Waals surface area (Å²) in [5.41, 5.74) is 1.77. The number of methoxy groups -OCH3 is 1. The number of carbonyl (C=O) groups excluding carboxylic acids is 2. The molecule has 1 atom stereocenters. The average molecular weight is 413 g/mol. The number of rotatable bonds is 7. The Balaban J connectivity index is 1.68. The smallest absolute Gasteiger partial charge is 0.348 e. The van der Waals surface area contributed by atoms with Gasteiger partial charge in [-0.2, -0.15) is 5.26 Å². The van der Waals surface area contributed by atoms with Gasteiger partial charge < -0.3 is 14.4 Å². The first-order chi connectivity index (χ1) is 14.0. The van der Waals surface area contributed by atoms with Crippen LogP contribution in [0.15, 0.2) is 30.3 Å². The summed E-state index contributed by atoms with van der Waals surface area (Å²) in [6, 6.07) is 11.0. The highest BCUT2D eigenvalue weighted by molar-refractivity contribution is 7.14. The number of thiophene rings is 1. The lowest BCUT2D eigenvalue weighted by Crippen LogP contribution is -2.35. The number of nitriles is 1. The number of carbonyl (C=O) groups is 2. The average Bonchev–Trinajstić information content (AvgIpc) is 3.15. The van der Waals surface area contributed by atoms with Gasteiger partial charge >= 0.3 is 5.97 Å². The first-order valence-corrected chi connectivity index (χ1v) is 10.4. The molecule has 0 N–H and O–H groups in total. The minimum Gasteiger partial charge on any atom is -0.495 e. The maximum Gasteiger partial charge on any atom is 0.348 e. The predicted molar refractivity (Wildman–Crippen MR) is 111 cm³/mol. The quantitative estimate of drug-likeness (QED) is 0.643. The van der Waals surface area contributed by atoms with Gasteiger partial charge in [-0.25, -0.2) is 4.79 Å². The molecule has 152 valence electrons. The SMILES string of the molecule is COc1ccccc1N(CCC#N)C(=O)COC(=O)c1cc2c(s1)CCC(C)C2. The topological polar surface area (TPSA) is 79.6 Å². The van der Waals surface area contributed by atoms with Crippen molar-refractivity contribution in [2.45, 2.75) is 32.6 Å². The Hall–Kier alpha value is -2.85. The van der Waals surface area contributed by atoms with Crippen LogP contribution in [0.2, 0.25) is 0 Å². The Morgan fingerprint density at radius 3 is 2.90 bits per heavy atom. The number of benzene rings is 1. The van der Waals surface area contributed by atoms with Crippen LogP contribution in [-0.4, -0.2) is 32.1 Å². The highest BCUT2D eigenvalue weighted by Gasteiger charge is 2.24. The van der Waals surface area contributed by atoms with Crippen molar-refractivity contribution in [2.75, 3.05) is 25.2 Å². The second-order valence-electron chi connectivity index (χ2n) is 7.11. The molecule has 1 amide bonds. The summed E-state index contributed by atoms with van der Waals surface area (Å²) < 4.78 is 10.6. The summed E-state index contributed by atoms with van der Waals surface area (Å²) in [5.74, 6) is 0.265. The molecule has 1 aromatic carbocycles. The van der Waals surface area contributed by atoms with E-state index >= 15 is 0 Å². The molecule has 0 saturated carbocycles. The van der Waals surface area contributed by atoms with Crippen molar-refractivity contribution in [1.29, 1.82) is 5.26 Å². The van der Waals surface area contributed by atoms with Gasteiger partial charge in [-0.05, 0) is 48.9 Å². The van der Waals surface area contributed by atoms with Crippen molar-refractivity contribution in [3.8, 4) is 11.8 Å². The van der Waals surface area contributed by atoms with E-state index in [1.165, 1.54) is 33.8 Å². The number of nitrogens with zero attached hydrogens (tertiary/aromatic N) is 2. The lowest BCUT2D eigenvalue weighted by molar-refractivity contribution is -0.121. The van der Waals surface area contributed by atoms with Crippen molar-refractivity contribution in [3.63, 3.8) is 0 Å². The molecule has 6 nitrogen and oxygen atoms in total. The Bertz CT molecular complexity index is 931. The maximum absolute atomic E-state index is 12.8. The number of aryl methyl sites for hydroxylation is 1. The summed E-state index contributed by atoms with van der Waals surface area (Å²) in [4.78, 5) is 28.5. The number of hydrogen-bond acceptors (Lipinski definition) is 6. The molecule has 0 spiro atoms. The molecule has 1 unspecified atom stereocenters. The fraction of sp³-hybridized carbons (Fsp3) is 0.409. The Kier molecular flexibility index (Phi) is 6.89. The molecular formula is C22H24N2O4S. The molecule has 1 aromatic heterocycles. The first kappa shape index (κ1) is 20.9. The summed E-state index contributed by atoms with van der Waals surface area (Å²) in [7, 11) is 1.52. The number of para-hydroxylation sites is 2. The van der Waals surface area contributed by atoms with Crippen LogP contribution in [-0.2, 0) is 22.4 Å². The Morgan fingerprint density at radius 2 is 2.14 bits per heavy atom. The van der Waals surface area contributed by atoms with Gasteiger partial charge in [0.2, 0.25) is 0 Å². The predicted octanol–water partition coefficient (Wildman–Crippen LogP) is 3.99. The third kappa shape index (κ3) is 4.96. The van der Waals surface area contributed by atoms with E-state index in [0.29, 0.717) is 22.2 Å². The number of amides is 1. The molecule has 1 aliphatic carbocycles. The minimum atomic E-state index is -0.481. The van der Waals surface area contributed by atoms with Crippen molar-refractivity contribution in [3.05, 3.63) is 45.6 Å². The van der Waals surface area contributed by atoms with Crippen LogP contribution in [0.25, 0.3) is 0 Å². The number of ether oxygens (including phenoxy) is 2. The van der Waals surface area contributed by atoms with Gasteiger partial charge in [-0.15, -0.1) is 11.3 Å². The molecule has 1 heterocycles. The second kappa shape index (κ2) is 9.57. The van der Waals surface area contributed by atoms with Gasteiger partial charge in [-0.3, -0.25) is 4.79 Å². The Morgan fingerprint density at radius 1 is 1.34 bits per heavy atom. The number of fused-ring (bicyclic) bond motifs is 1. The van der Waals surface area contributed by atoms with E-state index in [2.05, 4.69) is 6.92 Å². The van der Waals surface area contributed by atoms with Gasteiger partial charge in [0.05, 0.1) is 25.3 Å². The summed E-state index contributed by atoms with van der Waals surface area (Å²) in [5, 5.41) is 8.93. The zero-order chi connectivity index (χ0) is 20.8. The van der Waals surface area contributed by atoms with Crippen LogP contribution >= 0.6 is 11.3 Å². The van der Waals surface area contributed by atoms with Gasteiger partial charge in [0, 0.05) is 11.4 Å². The largest absolute Gasteiger partial charge is 0.495 e. The molecule has 0 saturated heterocycles. The van der Waals surface area contributed by atoms with E-state index in [9.17, 15) is 9.59 Å². The van der Waals surface area contributed by atoms with Gasteiger partial charge in [0.15, 0.2) is 6.61 Å². The van der Waals surface area contributed by atoms with Crippen LogP contribution in [0, 0.1) is 17.2 Å². The zero-order valence-electron chi connectivity index (χ0n) is 16.6. The van der Waals surface area contributed by atoms with E-state index in [4.69, 9.17) is 14.7 Å². The summed E-state index contributed by atoms with van der Waals surface area (Å²) in [6.07, 6.45) is 3.26. The number of anilines is 1. The molecule has 0 bridgehead atoms. The lowest BCUT2D eigenvalue weighted by Gasteiger charge is -2.23. The molecule has 3 rings (SSSR count). The second-order valence-corrected chi connectivity index (χ2v) is 8.25. The van der Waals surface area contributed by atoms with E-state index in [-0.39, 0.29) is 19.6 Å². The van der Waals surface area contributed by atoms with E-state index in [0.717, 1.165) is 19.3 Å². The van der Waals surface area contributed by atoms with E-state index in [1.54, 1.807) is 24.3 Å². The molecular weight excluding hydrogens is 388 g/mol. The standard InChI is InChI=1S/C22H24N2O4S/c1-15-8-9-19-16(12-15)13-20(29-19)22(26)28-14-21(25)24(11-5-10-23)17-6-3-4-7-18(17)27-2/h3-4,6-7,13,15H,5,8-9,11-12,14H2,1-2H3. The highest BCUT2D eigenvalue weighted by Crippen LogP contribution is 2.32. The van der Waals surface area contributed by atoms with Crippen LogP contribution in [0.1, 0.15) is 39.9 Å². The van der Waals surface area contributed by atoms with Gasteiger partial charge in [0.25, 0.3) is 5.91 Å². The zero-order valence-corrected chi connectivity index (χ0v) is 17.5. The first-order valence-electron chi connectivity index (χ1n) is 9.62. The molecule has 0 radical (unpaired) electrons. The molecule has 2 aromatic rings. The normalized spacial score (nSPS) is 15.1. The van der Waals surface area contributed by atoms with Gasteiger partial charge in [0.1, 0.15) is 10.6 Å². The summed E-state index contributed by atoms with van der Waals surface area (Å²) >= 11 is 1.46. The molecule has 29 heavy (non-hydrogen) atoms. The van der Waals surface area contributed by atoms with Crippen molar-refractivity contribution in [2.24, 2.45) is 5.92 Å². The van der Waals surface area contributed by atoms with Gasteiger partial charge in [-0.1, -0.05) is 19.1 Å². The number of esters is 1. The third-order valence-electron chi connectivity index (χ3n) is 4.98. The fourth-order valence-corrected chi connectivity index (χ4v) is 4.58. The van der Waals surface area contributed by atoms with Crippen LogP contribution < -0.4 is 9.64 Å². The molecule has 0 fully saturated rings. The molecule has 1 aliphatic rings. The van der Waals surface area contributed by atoms with Crippen molar-refractivity contribution in [1.82, 2.24) is 0 Å². The van der Waals surface area contributed by atoms with Crippen molar-refractivity contribution < 1.29 is 19.1 Å². The van der Waals surface area contributed by atoms with Crippen LogP contribution in [0.4, 0.5) is 5.69 Å².